The topological polar surface area (TPSA) is 80.9 Å². The monoisotopic (exact) mass is 234 g/mol. The Labute approximate surface area is 90.3 Å². The molecule has 0 aliphatic heterocycles. The van der Waals surface area contributed by atoms with Crippen LogP contribution in [-0.2, 0) is 17.8 Å². The van der Waals surface area contributed by atoms with Crippen molar-refractivity contribution in [2.24, 2.45) is 5.92 Å². The van der Waals surface area contributed by atoms with E-state index in [9.17, 15) is 13.6 Å². The van der Waals surface area contributed by atoms with Crippen molar-refractivity contribution in [3.63, 3.8) is 0 Å². The van der Waals surface area contributed by atoms with Gasteiger partial charge in [0, 0.05) is 13.3 Å². The van der Waals surface area contributed by atoms with Crippen molar-refractivity contribution in [2.75, 3.05) is 0 Å². The number of aliphatic carboxylic acids is 1. The molecule has 1 atom stereocenters. The molecule has 1 aromatic rings. The van der Waals surface area contributed by atoms with Crippen LogP contribution in [0.15, 0.2) is 0 Å². The van der Waals surface area contributed by atoms with Crippen LogP contribution in [0, 0.1) is 5.92 Å². The highest BCUT2D eigenvalue weighted by molar-refractivity contribution is 5.69. The highest BCUT2D eigenvalue weighted by Gasteiger charge is 2.25. The van der Waals surface area contributed by atoms with Gasteiger partial charge in [-0.2, -0.15) is 0 Å². The molecular weight excluding hydrogens is 222 g/mol. The van der Waals surface area contributed by atoms with Gasteiger partial charge in [-0.3, -0.25) is 4.79 Å². The molecule has 0 saturated heterocycles. The predicted octanol–water partition coefficient (Wildman–Crippen LogP) is 0.591. The standard InChI is InChI=1S/C8H12F2N4O2/c1-5(7(15)16)3-6-11-12-13-14(6)4-8(2,9)10/h5H,3-4H2,1-2H3,(H,15,16). The van der Waals surface area contributed by atoms with Crippen molar-refractivity contribution in [2.45, 2.75) is 32.7 Å². The van der Waals surface area contributed by atoms with Crippen molar-refractivity contribution in [3.05, 3.63) is 5.82 Å². The third-order valence-corrected chi connectivity index (χ3v) is 1.94. The van der Waals surface area contributed by atoms with Gasteiger partial charge < -0.3 is 5.11 Å². The smallest absolute Gasteiger partial charge is 0.306 e. The number of tetrazole rings is 1. The summed E-state index contributed by atoms with van der Waals surface area (Å²) < 4.78 is 26.4. The van der Waals surface area contributed by atoms with Crippen LogP contribution < -0.4 is 0 Å². The van der Waals surface area contributed by atoms with Crippen LogP contribution in [0.4, 0.5) is 8.78 Å². The highest BCUT2D eigenvalue weighted by atomic mass is 19.3. The summed E-state index contributed by atoms with van der Waals surface area (Å²) in [6.07, 6.45) is 0.0262. The molecule has 1 rings (SSSR count). The van der Waals surface area contributed by atoms with Crippen LogP contribution in [0.25, 0.3) is 0 Å². The molecule has 0 amide bonds. The Kier molecular flexibility index (Phi) is 3.51. The SMILES string of the molecule is CC(Cc1nnnn1CC(C)(F)F)C(=O)O. The zero-order valence-corrected chi connectivity index (χ0v) is 8.89. The molecule has 0 fully saturated rings. The number of alkyl halides is 2. The van der Waals surface area contributed by atoms with E-state index in [1.54, 1.807) is 0 Å². The molecule has 0 aliphatic carbocycles. The van der Waals surface area contributed by atoms with Gasteiger partial charge in [-0.05, 0) is 10.4 Å². The van der Waals surface area contributed by atoms with Crippen molar-refractivity contribution in [1.82, 2.24) is 20.2 Å². The quantitative estimate of drug-likeness (QED) is 0.806. The fourth-order valence-electron chi connectivity index (χ4n) is 1.12. The van der Waals surface area contributed by atoms with Crippen molar-refractivity contribution < 1.29 is 18.7 Å². The number of carbonyl (C=O) groups is 1. The lowest BCUT2D eigenvalue weighted by atomic mass is 10.1. The minimum Gasteiger partial charge on any atom is -0.481 e. The third kappa shape index (κ3) is 3.52. The van der Waals surface area contributed by atoms with Crippen LogP contribution in [0.1, 0.15) is 19.7 Å². The van der Waals surface area contributed by atoms with E-state index in [0.717, 1.165) is 11.6 Å². The molecule has 6 nitrogen and oxygen atoms in total. The Hall–Kier alpha value is -1.60. The predicted molar refractivity (Wildman–Crippen MR) is 48.9 cm³/mol. The van der Waals surface area contributed by atoms with E-state index in [0.29, 0.717) is 0 Å². The first-order valence-electron chi connectivity index (χ1n) is 4.65. The van der Waals surface area contributed by atoms with Gasteiger partial charge in [0.05, 0.1) is 5.92 Å². The average Bonchev–Trinajstić information content (AvgIpc) is 2.49. The Balaban J connectivity index is 2.75. The van der Waals surface area contributed by atoms with E-state index < -0.39 is 24.4 Å². The van der Waals surface area contributed by atoms with Gasteiger partial charge >= 0.3 is 5.97 Å². The van der Waals surface area contributed by atoms with Crippen molar-refractivity contribution in [1.29, 1.82) is 0 Å². The number of nitrogens with zero attached hydrogens (tertiary/aromatic N) is 4. The van der Waals surface area contributed by atoms with E-state index in [4.69, 9.17) is 5.11 Å². The van der Waals surface area contributed by atoms with Crippen LogP contribution in [0.5, 0.6) is 0 Å². The third-order valence-electron chi connectivity index (χ3n) is 1.94. The van der Waals surface area contributed by atoms with E-state index in [1.807, 2.05) is 0 Å². The number of hydrogen-bond donors (Lipinski definition) is 1. The van der Waals surface area contributed by atoms with Crippen molar-refractivity contribution in [3.8, 4) is 0 Å². The zero-order chi connectivity index (χ0) is 12.3. The molecule has 1 N–H and O–H groups in total. The minimum atomic E-state index is -2.93. The molecule has 1 unspecified atom stereocenters. The summed E-state index contributed by atoms with van der Waals surface area (Å²) in [6.45, 7) is 1.56. The van der Waals surface area contributed by atoms with Gasteiger partial charge in [0.15, 0.2) is 5.82 Å². The normalized spacial score (nSPS) is 13.8. The maximum Gasteiger partial charge on any atom is 0.306 e. The second kappa shape index (κ2) is 4.50. The molecule has 8 heteroatoms. The maximum atomic E-state index is 12.7. The molecule has 0 aromatic carbocycles. The first-order valence-corrected chi connectivity index (χ1v) is 4.65. The van der Waals surface area contributed by atoms with Crippen molar-refractivity contribution >= 4 is 5.97 Å². The number of carboxylic acids is 1. The lowest BCUT2D eigenvalue weighted by Crippen LogP contribution is -2.23. The summed E-state index contributed by atoms with van der Waals surface area (Å²) in [7, 11) is 0. The summed E-state index contributed by atoms with van der Waals surface area (Å²) in [6, 6.07) is 0. The molecule has 90 valence electrons. The molecule has 0 aliphatic rings. The number of carboxylic acid groups (broad SMARTS) is 1. The number of rotatable bonds is 5. The number of hydrogen-bond acceptors (Lipinski definition) is 4. The Bertz CT molecular complexity index is 374. The van der Waals surface area contributed by atoms with E-state index in [-0.39, 0.29) is 12.2 Å². The fourth-order valence-corrected chi connectivity index (χ4v) is 1.12. The summed E-state index contributed by atoms with van der Waals surface area (Å²) in [5.41, 5.74) is 0. The zero-order valence-electron chi connectivity index (χ0n) is 8.89. The average molecular weight is 234 g/mol. The molecule has 16 heavy (non-hydrogen) atoms. The molecule has 0 radical (unpaired) electrons. The summed E-state index contributed by atoms with van der Waals surface area (Å²) >= 11 is 0. The van der Waals surface area contributed by atoms with E-state index in [2.05, 4.69) is 15.5 Å². The van der Waals surface area contributed by atoms with Gasteiger partial charge in [0.2, 0.25) is 0 Å². The van der Waals surface area contributed by atoms with Crippen LogP contribution in [-0.4, -0.2) is 37.2 Å². The number of aromatic nitrogens is 4. The molecular formula is C8H12F2N4O2. The molecule has 0 spiro atoms. The summed E-state index contributed by atoms with van der Waals surface area (Å²) in [4.78, 5) is 10.6. The second-order valence-electron chi connectivity index (χ2n) is 3.77. The first-order chi connectivity index (χ1) is 7.29. The van der Waals surface area contributed by atoms with Gasteiger partial charge in [-0.25, -0.2) is 13.5 Å². The van der Waals surface area contributed by atoms with Gasteiger partial charge in [-0.15, -0.1) is 5.10 Å². The first kappa shape index (κ1) is 12.5. The summed E-state index contributed by atoms with van der Waals surface area (Å²) in [5, 5.41) is 18.9. The largest absolute Gasteiger partial charge is 0.481 e. The second-order valence-corrected chi connectivity index (χ2v) is 3.77. The van der Waals surface area contributed by atoms with Crippen LogP contribution in [0.2, 0.25) is 0 Å². The maximum absolute atomic E-state index is 12.7. The van der Waals surface area contributed by atoms with E-state index >= 15 is 0 Å². The Morgan fingerprint density at radius 1 is 1.62 bits per heavy atom. The Morgan fingerprint density at radius 3 is 2.75 bits per heavy atom. The lowest BCUT2D eigenvalue weighted by Gasteiger charge is -2.11. The number of halogens is 2. The fraction of sp³-hybridized carbons (Fsp3) is 0.750. The van der Waals surface area contributed by atoms with Crippen LogP contribution >= 0.6 is 0 Å². The lowest BCUT2D eigenvalue weighted by molar-refractivity contribution is -0.141. The summed E-state index contributed by atoms with van der Waals surface area (Å²) in [5.74, 6) is -4.51. The van der Waals surface area contributed by atoms with E-state index in [1.165, 1.54) is 6.92 Å². The molecule has 1 aromatic heterocycles. The Morgan fingerprint density at radius 2 is 2.25 bits per heavy atom. The van der Waals surface area contributed by atoms with Crippen LogP contribution in [0.3, 0.4) is 0 Å². The molecule has 1 heterocycles. The molecule has 0 saturated carbocycles. The highest BCUT2D eigenvalue weighted by Crippen LogP contribution is 2.15. The van der Waals surface area contributed by atoms with Gasteiger partial charge in [0.25, 0.3) is 5.92 Å². The minimum absolute atomic E-state index is 0.0262. The molecule has 0 bridgehead atoms. The van der Waals surface area contributed by atoms with Gasteiger partial charge in [0.1, 0.15) is 6.54 Å². The van der Waals surface area contributed by atoms with Gasteiger partial charge in [-0.1, -0.05) is 6.92 Å².